The minimum atomic E-state index is -0.663. The Morgan fingerprint density at radius 2 is 1.76 bits per heavy atom. The SMILES string of the molecule is O=C(c1cccc(-c2ccc(O)c(F)c2)c1)N1CCCC1. The Kier molecular flexibility index (Phi) is 3.60. The van der Waals surface area contributed by atoms with Gasteiger partial charge in [0, 0.05) is 18.7 Å². The predicted molar refractivity (Wildman–Crippen MR) is 78.6 cm³/mol. The number of carbonyl (C=O) groups is 1. The van der Waals surface area contributed by atoms with Gasteiger partial charge in [-0.25, -0.2) is 4.39 Å². The highest BCUT2D eigenvalue weighted by Crippen LogP contribution is 2.26. The van der Waals surface area contributed by atoms with Crippen LogP contribution in [0.2, 0.25) is 0 Å². The van der Waals surface area contributed by atoms with E-state index in [2.05, 4.69) is 0 Å². The molecule has 108 valence electrons. The maximum absolute atomic E-state index is 13.4. The molecule has 0 unspecified atom stereocenters. The summed E-state index contributed by atoms with van der Waals surface area (Å²) in [7, 11) is 0. The molecule has 1 fully saturated rings. The molecule has 0 bridgehead atoms. The van der Waals surface area contributed by atoms with Crippen molar-refractivity contribution in [3.8, 4) is 16.9 Å². The van der Waals surface area contributed by atoms with Gasteiger partial charge >= 0.3 is 0 Å². The van der Waals surface area contributed by atoms with Gasteiger partial charge in [0.15, 0.2) is 11.6 Å². The van der Waals surface area contributed by atoms with E-state index in [-0.39, 0.29) is 11.7 Å². The molecule has 1 N–H and O–H groups in total. The van der Waals surface area contributed by atoms with Gasteiger partial charge in [-0.3, -0.25) is 4.79 Å². The average molecular weight is 285 g/mol. The monoisotopic (exact) mass is 285 g/mol. The van der Waals surface area contributed by atoms with Crippen LogP contribution >= 0.6 is 0 Å². The van der Waals surface area contributed by atoms with Crippen LogP contribution in [0.4, 0.5) is 4.39 Å². The standard InChI is InChI=1S/C17H16FNO2/c18-15-11-13(6-7-16(15)20)12-4-3-5-14(10-12)17(21)19-8-1-2-9-19/h3-7,10-11,20H,1-2,8-9H2. The molecule has 4 heteroatoms. The molecule has 0 aromatic heterocycles. The highest BCUT2D eigenvalue weighted by Gasteiger charge is 2.19. The van der Waals surface area contributed by atoms with Crippen molar-refractivity contribution in [1.82, 2.24) is 4.90 Å². The lowest BCUT2D eigenvalue weighted by Crippen LogP contribution is -2.27. The summed E-state index contributed by atoms with van der Waals surface area (Å²) < 4.78 is 13.4. The number of hydrogen-bond donors (Lipinski definition) is 1. The lowest BCUT2D eigenvalue weighted by atomic mass is 10.0. The first kappa shape index (κ1) is 13.6. The molecular weight excluding hydrogens is 269 g/mol. The van der Waals surface area contributed by atoms with Gasteiger partial charge < -0.3 is 10.0 Å². The van der Waals surface area contributed by atoms with Crippen molar-refractivity contribution < 1.29 is 14.3 Å². The fourth-order valence-corrected chi connectivity index (χ4v) is 2.62. The summed E-state index contributed by atoms with van der Waals surface area (Å²) in [5.41, 5.74) is 2.02. The topological polar surface area (TPSA) is 40.5 Å². The van der Waals surface area contributed by atoms with Gasteiger partial charge in [0.05, 0.1) is 0 Å². The van der Waals surface area contributed by atoms with E-state index in [0.29, 0.717) is 11.1 Å². The minimum Gasteiger partial charge on any atom is -0.505 e. The summed E-state index contributed by atoms with van der Waals surface area (Å²) in [4.78, 5) is 14.2. The van der Waals surface area contributed by atoms with Crippen LogP contribution < -0.4 is 0 Å². The van der Waals surface area contributed by atoms with E-state index in [1.54, 1.807) is 24.3 Å². The zero-order valence-corrected chi connectivity index (χ0v) is 11.6. The number of hydrogen-bond acceptors (Lipinski definition) is 2. The molecule has 0 saturated carbocycles. The third kappa shape index (κ3) is 2.75. The Morgan fingerprint density at radius 3 is 2.48 bits per heavy atom. The van der Waals surface area contributed by atoms with Crippen LogP contribution in [-0.2, 0) is 0 Å². The molecule has 2 aromatic carbocycles. The van der Waals surface area contributed by atoms with Gasteiger partial charge in [0.25, 0.3) is 5.91 Å². The van der Waals surface area contributed by atoms with Gasteiger partial charge in [0.2, 0.25) is 0 Å². The number of phenolic OH excluding ortho intramolecular Hbond substituents is 1. The van der Waals surface area contributed by atoms with Crippen molar-refractivity contribution in [3.05, 3.63) is 53.8 Å². The van der Waals surface area contributed by atoms with E-state index in [1.807, 2.05) is 11.0 Å². The molecule has 0 spiro atoms. The molecule has 1 amide bonds. The number of phenols is 1. The van der Waals surface area contributed by atoms with Crippen LogP contribution in [0.25, 0.3) is 11.1 Å². The zero-order chi connectivity index (χ0) is 14.8. The Bertz CT molecular complexity index is 678. The largest absolute Gasteiger partial charge is 0.505 e. The summed E-state index contributed by atoms with van der Waals surface area (Å²) in [6.45, 7) is 1.60. The van der Waals surface area contributed by atoms with Gasteiger partial charge in [-0.1, -0.05) is 18.2 Å². The van der Waals surface area contributed by atoms with Crippen molar-refractivity contribution in [2.24, 2.45) is 0 Å². The molecule has 3 nitrogen and oxygen atoms in total. The second-order valence-corrected chi connectivity index (χ2v) is 5.25. The summed E-state index contributed by atoms with van der Waals surface area (Å²) in [5, 5.41) is 9.24. The van der Waals surface area contributed by atoms with Crippen LogP contribution in [0.15, 0.2) is 42.5 Å². The second-order valence-electron chi connectivity index (χ2n) is 5.25. The molecule has 3 rings (SSSR count). The smallest absolute Gasteiger partial charge is 0.253 e. The van der Waals surface area contributed by atoms with Crippen molar-refractivity contribution in [2.75, 3.05) is 13.1 Å². The maximum Gasteiger partial charge on any atom is 0.253 e. The van der Waals surface area contributed by atoms with E-state index >= 15 is 0 Å². The van der Waals surface area contributed by atoms with Crippen LogP contribution in [0.5, 0.6) is 5.75 Å². The van der Waals surface area contributed by atoms with E-state index in [1.165, 1.54) is 12.1 Å². The van der Waals surface area contributed by atoms with Gasteiger partial charge in [-0.05, 0) is 48.2 Å². The lowest BCUT2D eigenvalue weighted by molar-refractivity contribution is 0.0793. The molecule has 1 saturated heterocycles. The molecule has 21 heavy (non-hydrogen) atoms. The van der Waals surface area contributed by atoms with Crippen LogP contribution in [0.1, 0.15) is 23.2 Å². The summed E-state index contributed by atoms with van der Waals surface area (Å²) in [5.74, 6) is -1.01. The normalized spacial score (nSPS) is 14.4. The molecular formula is C17H16FNO2. The van der Waals surface area contributed by atoms with Crippen molar-refractivity contribution in [2.45, 2.75) is 12.8 Å². The van der Waals surface area contributed by atoms with Gasteiger partial charge in [-0.15, -0.1) is 0 Å². The highest BCUT2D eigenvalue weighted by molar-refractivity contribution is 5.95. The average Bonchev–Trinajstić information content (AvgIpc) is 3.04. The maximum atomic E-state index is 13.4. The van der Waals surface area contributed by atoms with Crippen molar-refractivity contribution in [1.29, 1.82) is 0 Å². The first-order valence-electron chi connectivity index (χ1n) is 7.03. The molecule has 1 aliphatic rings. The summed E-state index contributed by atoms with van der Waals surface area (Å²) >= 11 is 0. The van der Waals surface area contributed by atoms with E-state index in [0.717, 1.165) is 31.5 Å². The fraction of sp³-hybridized carbons (Fsp3) is 0.235. The van der Waals surface area contributed by atoms with Crippen molar-refractivity contribution >= 4 is 5.91 Å². The molecule has 2 aromatic rings. The molecule has 0 aliphatic carbocycles. The first-order valence-corrected chi connectivity index (χ1v) is 7.03. The number of amides is 1. The van der Waals surface area contributed by atoms with E-state index < -0.39 is 5.82 Å². The fourth-order valence-electron chi connectivity index (χ4n) is 2.62. The second kappa shape index (κ2) is 5.56. The Morgan fingerprint density at radius 1 is 1.05 bits per heavy atom. The van der Waals surface area contributed by atoms with Crippen LogP contribution in [0.3, 0.4) is 0 Å². The van der Waals surface area contributed by atoms with Crippen LogP contribution in [0, 0.1) is 5.82 Å². The van der Waals surface area contributed by atoms with Crippen LogP contribution in [-0.4, -0.2) is 29.0 Å². The Balaban J connectivity index is 1.92. The number of likely N-dealkylation sites (tertiary alicyclic amines) is 1. The summed E-state index contributed by atoms with van der Waals surface area (Å²) in [6.07, 6.45) is 2.10. The lowest BCUT2D eigenvalue weighted by Gasteiger charge is -2.15. The number of rotatable bonds is 2. The predicted octanol–water partition coefficient (Wildman–Crippen LogP) is 3.43. The Labute approximate surface area is 122 Å². The van der Waals surface area contributed by atoms with E-state index in [9.17, 15) is 14.3 Å². The number of halogens is 1. The zero-order valence-electron chi connectivity index (χ0n) is 11.6. The third-order valence-corrected chi connectivity index (χ3v) is 3.78. The van der Waals surface area contributed by atoms with Gasteiger partial charge in [-0.2, -0.15) is 0 Å². The summed E-state index contributed by atoms with van der Waals surface area (Å²) in [6, 6.07) is 11.4. The molecule has 0 radical (unpaired) electrons. The molecule has 1 heterocycles. The van der Waals surface area contributed by atoms with E-state index in [4.69, 9.17) is 0 Å². The highest BCUT2D eigenvalue weighted by atomic mass is 19.1. The Hall–Kier alpha value is -2.36. The molecule has 1 aliphatic heterocycles. The number of carbonyl (C=O) groups excluding carboxylic acids is 1. The third-order valence-electron chi connectivity index (χ3n) is 3.78. The number of nitrogens with zero attached hydrogens (tertiary/aromatic N) is 1. The minimum absolute atomic E-state index is 0.0219. The number of benzene rings is 2. The molecule has 0 atom stereocenters. The first-order chi connectivity index (χ1) is 10.1. The quantitative estimate of drug-likeness (QED) is 0.918. The number of aromatic hydroxyl groups is 1. The van der Waals surface area contributed by atoms with Gasteiger partial charge in [0.1, 0.15) is 0 Å². The van der Waals surface area contributed by atoms with Crippen molar-refractivity contribution in [3.63, 3.8) is 0 Å².